The van der Waals surface area contributed by atoms with Crippen molar-refractivity contribution in [3.05, 3.63) is 65.7 Å². The maximum Gasteiger partial charge on any atom is 0.243 e. The number of hydrogen-bond acceptors (Lipinski definition) is 3. The molecule has 4 nitrogen and oxygen atoms in total. The highest BCUT2D eigenvalue weighted by Crippen LogP contribution is 2.20. The monoisotopic (exact) mass is 388 g/mol. The molecule has 5 heteroatoms. The van der Waals surface area contributed by atoms with Crippen LogP contribution in [0.1, 0.15) is 37.3 Å². The summed E-state index contributed by atoms with van der Waals surface area (Å²) < 4.78 is 28.0. The van der Waals surface area contributed by atoms with Crippen molar-refractivity contribution in [1.82, 2.24) is 9.21 Å². The maximum absolute atomic E-state index is 13.2. The second-order valence-corrected chi connectivity index (χ2v) is 9.17. The topological polar surface area (TPSA) is 40.6 Å². The average Bonchev–Trinajstić information content (AvgIpc) is 2.66. The van der Waals surface area contributed by atoms with Crippen LogP contribution in [0, 0.1) is 0 Å². The molecule has 2 aromatic carbocycles. The predicted octanol–water partition coefficient (Wildman–Crippen LogP) is 4.17. The molecule has 0 radical (unpaired) electrons. The minimum absolute atomic E-state index is 0.372. The molecule has 0 bridgehead atoms. The van der Waals surface area contributed by atoms with Crippen LogP contribution in [0.2, 0.25) is 0 Å². The van der Waals surface area contributed by atoms with Crippen molar-refractivity contribution < 1.29 is 8.42 Å². The molecular formula is C22H32N2O2S. The standard InChI is InChI=1S/C22H32N2O2S/c1-4-5-7-10-20-13-15-22(16-14-20)27(25,26)24(18-17-23(2)3)19-21-11-8-6-9-12-21/h6,8-9,11-16H,4-5,7,10,17-19H2,1-3H3. The molecule has 27 heavy (non-hydrogen) atoms. The third-order valence-corrected chi connectivity index (χ3v) is 6.49. The fraction of sp³-hybridized carbons (Fsp3) is 0.455. The molecule has 0 saturated carbocycles. The quantitative estimate of drug-likeness (QED) is 0.543. The maximum atomic E-state index is 13.2. The van der Waals surface area contributed by atoms with Crippen LogP contribution in [-0.2, 0) is 23.0 Å². The SMILES string of the molecule is CCCCCc1ccc(S(=O)(=O)N(CCN(C)C)Cc2ccccc2)cc1. The van der Waals surface area contributed by atoms with Crippen LogP contribution >= 0.6 is 0 Å². The van der Waals surface area contributed by atoms with Crippen LogP contribution < -0.4 is 0 Å². The van der Waals surface area contributed by atoms with Gasteiger partial charge in [0.2, 0.25) is 10.0 Å². The molecule has 0 spiro atoms. The number of benzene rings is 2. The van der Waals surface area contributed by atoms with E-state index in [1.54, 1.807) is 16.4 Å². The zero-order valence-corrected chi connectivity index (χ0v) is 17.6. The molecule has 0 heterocycles. The summed E-state index contributed by atoms with van der Waals surface area (Å²) in [6, 6.07) is 17.2. The summed E-state index contributed by atoms with van der Waals surface area (Å²) >= 11 is 0. The Balaban J connectivity index is 2.18. The summed E-state index contributed by atoms with van der Waals surface area (Å²) in [5.41, 5.74) is 2.20. The van der Waals surface area contributed by atoms with Gasteiger partial charge in [-0.2, -0.15) is 4.31 Å². The summed E-state index contributed by atoms with van der Waals surface area (Å²) in [6.45, 7) is 3.71. The van der Waals surface area contributed by atoms with Gasteiger partial charge in [-0.3, -0.25) is 0 Å². The number of sulfonamides is 1. The van der Waals surface area contributed by atoms with Crippen molar-refractivity contribution in [1.29, 1.82) is 0 Å². The van der Waals surface area contributed by atoms with Gasteiger partial charge in [0.05, 0.1) is 4.90 Å². The van der Waals surface area contributed by atoms with Crippen LogP contribution in [0.15, 0.2) is 59.5 Å². The van der Waals surface area contributed by atoms with E-state index >= 15 is 0 Å². The van der Waals surface area contributed by atoms with Crippen molar-refractivity contribution in [3.63, 3.8) is 0 Å². The van der Waals surface area contributed by atoms with E-state index in [0.29, 0.717) is 24.5 Å². The van der Waals surface area contributed by atoms with Gasteiger partial charge < -0.3 is 4.90 Å². The van der Waals surface area contributed by atoms with Gasteiger partial charge in [0.15, 0.2) is 0 Å². The van der Waals surface area contributed by atoms with Gasteiger partial charge in [0.1, 0.15) is 0 Å². The summed E-state index contributed by atoms with van der Waals surface area (Å²) in [7, 11) is 0.383. The fourth-order valence-corrected chi connectivity index (χ4v) is 4.36. The first-order valence-corrected chi connectivity index (χ1v) is 11.1. The molecule has 2 aromatic rings. The first-order chi connectivity index (χ1) is 12.9. The second-order valence-electron chi connectivity index (χ2n) is 7.23. The molecule has 0 unspecified atom stereocenters. The minimum atomic E-state index is -3.53. The van der Waals surface area contributed by atoms with Crippen molar-refractivity contribution in [2.24, 2.45) is 0 Å². The van der Waals surface area contributed by atoms with Crippen molar-refractivity contribution in [2.45, 2.75) is 44.0 Å². The van der Waals surface area contributed by atoms with Crippen LogP contribution in [0.5, 0.6) is 0 Å². The minimum Gasteiger partial charge on any atom is -0.308 e. The highest BCUT2D eigenvalue weighted by molar-refractivity contribution is 7.89. The van der Waals surface area contributed by atoms with E-state index in [9.17, 15) is 8.42 Å². The molecule has 0 amide bonds. The van der Waals surface area contributed by atoms with E-state index in [4.69, 9.17) is 0 Å². The first kappa shape index (κ1) is 21.6. The van der Waals surface area contributed by atoms with Gasteiger partial charge in [0, 0.05) is 19.6 Å². The Labute approximate surface area is 164 Å². The van der Waals surface area contributed by atoms with E-state index in [0.717, 1.165) is 18.4 Å². The summed E-state index contributed by atoms with van der Waals surface area (Å²) in [6.07, 6.45) is 4.54. The highest BCUT2D eigenvalue weighted by Gasteiger charge is 2.24. The number of hydrogen-bond donors (Lipinski definition) is 0. The van der Waals surface area contributed by atoms with E-state index in [-0.39, 0.29) is 0 Å². The molecule has 0 aromatic heterocycles. The normalized spacial score (nSPS) is 12.0. The molecule has 0 aliphatic rings. The molecule has 0 atom stereocenters. The highest BCUT2D eigenvalue weighted by atomic mass is 32.2. The second kappa shape index (κ2) is 10.6. The fourth-order valence-electron chi connectivity index (χ4n) is 2.94. The molecule has 0 aliphatic carbocycles. The lowest BCUT2D eigenvalue weighted by Gasteiger charge is -2.24. The van der Waals surface area contributed by atoms with Crippen molar-refractivity contribution in [2.75, 3.05) is 27.2 Å². The molecule has 2 rings (SSSR count). The average molecular weight is 389 g/mol. The van der Waals surface area contributed by atoms with Crippen molar-refractivity contribution >= 4 is 10.0 Å². The molecule has 0 aliphatic heterocycles. The lowest BCUT2D eigenvalue weighted by molar-refractivity contribution is 0.329. The van der Waals surface area contributed by atoms with Gasteiger partial charge in [0.25, 0.3) is 0 Å². The number of unbranched alkanes of at least 4 members (excludes halogenated alkanes) is 2. The Morgan fingerprint density at radius 1 is 0.815 bits per heavy atom. The Morgan fingerprint density at radius 2 is 1.48 bits per heavy atom. The van der Waals surface area contributed by atoms with E-state index in [2.05, 4.69) is 6.92 Å². The predicted molar refractivity (Wildman–Crippen MR) is 112 cm³/mol. The van der Waals surface area contributed by atoms with Gasteiger partial charge in [-0.05, 0) is 50.2 Å². The van der Waals surface area contributed by atoms with E-state index in [1.807, 2.05) is 61.5 Å². The summed E-state index contributed by atoms with van der Waals surface area (Å²) in [4.78, 5) is 2.38. The molecule has 0 fully saturated rings. The van der Waals surface area contributed by atoms with Crippen LogP contribution in [0.4, 0.5) is 0 Å². The van der Waals surface area contributed by atoms with Gasteiger partial charge >= 0.3 is 0 Å². The van der Waals surface area contributed by atoms with Crippen LogP contribution in [-0.4, -0.2) is 44.8 Å². The van der Waals surface area contributed by atoms with Gasteiger partial charge in [-0.1, -0.05) is 62.2 Å². The summed E-state index contributed by atoms with van der Waals surface area (Å²) in [5, 5.41) is 0. The van der Waals surface area contributed by atoms with Gasteiger partial charge in [-0.25, -0.2) is 8.42 Å². The smallest absolute Gasteiger partial charge is 0.243 e. The lowest BCUT2D eigenvalue weighted by Crippen LogP contribution is -2.36. The number of rotatable bonds is 11. The zero-order chi connectivity index (χ0) is 19.7. The number of aryl methyl sites for hydroxylation is 1. The Kier molecular flexibility index (Phi) is 8.48. The lowest BCUT2D eigenvalue weighted by atomic mass is 10.1. The summed E-state index contributed by atoms with van der Waals surface area (Å²) in [5.74, 6) is 0. The van der Waals surface area contributed by atoms with Crippen LogP contribution in [0.3, 0.4) is 0 Å². The third-order valence-electron chi connectivity index (χ3n) is 4.63. The first-order valence-electron chi connectivity index (χ1n) is 9.71. The van der Waals surface area contributed by atoms with Crippen molar-refractivity contribution in [3.8, 4) is 0 Å². The Hall–Kier alpha value is -1.69. The Morgan fingerprint density at radius 3 is 2.07 bits per heavy atom. The molecular weight excluding hydrogens is 356 g/mol. The zero-order valence-electron chi connectivity index (χ0n) is 16.8. The van der Waals surface area contributed by atoms with Gasteiger partial charge in [-0.15, -0.1) is 0 Å². The largest absolute Gasteiger partial charge is 0.308 e. The van der Waals surface area contributed by atoms with Crippen LogP contribution in [0.25, 0.3) is 0 Å². The number of likely N-dealkylation sites (N-methyl/N-ethyl adjacent to an activating group) is 1. The van der Waals surface area contributed by atoms with E-state index in [1.165, 1.54) is 18.4 Å². The molecule has 0 saturated heterocycles. The van der Waals surface area contributed by atoms with E-state index < -0.39 is 10.0 Å². The molecule has 0 N–H and O–H groups in total. The number of nitrogens with zero attached hydrogens (tertiary/aromatic N) is 2. The third kappa shape index (κ3) is 6.76. The Bertz CT molecular complexity index is 772. The molecule has 148 valence electrons.